The molecule has 122 valence electrons. The summed E-state index contributed by atoms with van der Waals surface area (Å²) in [7, 11) is 0. The molecule has 0 bridgehead atoms. The van der Waals surface area contributed by atoms with Crippen molar-refractivity contribution in [3.05, 3.63) is 17.0 Å². The predicted molar refractivity (Wildman–Crippen MR) is 81.3 cm³/mol. The highest BCUT2D eigenvalue weighted by atomic mass is 16.5. The highest BCUT2D eigenvalue weighted by Crippen LogP contribution is 2.23. The zero-order valence-electron chi connectivity index (χ0n) is 13.5. The quantitative estimate of drug-likeness (QED) is 0.848. The van der Waals surface area contributed by atoms with E-state index < -0.39 is 6.04 Å². The van der Waals surface area contributed by atoms with Crippen LogP contribution in [0, 0.1) is 6.92 Å². The van der Waals surface area contributed by atoms with Crippen molar-refractivity contribution in [2.45, 2.75) is 58.7 Å². The van der Waals surface area contributed by atoms with Crippen LogP contribution < -0.4 is 11.1 Å². The lowest BCUT2D eigenvalue weighted by atomic mass is 10.1. The fourth-order valence-electron chi connectivity index (χ4n) is 2.80. The lowest BCUT2D eigenvalue weighted by molar-refractivity contribution is -0.125. The number of carbonyl (C=O) groups excluding carboxylic acids is 2. The van der Waals surface area contributed by atoms with Crippen LogP contribution in [0.3, 0.4) is 0 Å². The minimum Gasteiger partial charge on any atom is -0.361 e. The number of carbonyl (C=O) groups is 2. The highest BCUT2D eigenvalue weighted by Gasteiger charge is 2.40. The Bertz CT molecular complexity index is 567. The topological polar surface area (TPSA) is 101 Å². The monoisotopic (exact) mass is 308 g/mol. The summed E-state index contributed by atoms with van der Waals surface area (Å²) in [5.41, 5.74) is 7.04. The molecule has 3 N–H and O–H groups in total. The van der Waals surface area contributed by atoms with Crippen molar-refractivity contribution in [2.75, 3.05) is 6.54 Å². The largest absolute Gasteiger partial charge is 0.361 e. The zero-order chi connectivity index (χ0) is 16.4. The Hall–Kier alpha value is -1.89. The van der Waals surface area contributed by atoms with E-state index >= 15 is 0 Å². The van der Waals surface area contributed by atoms with E-state index in [2.05, 4.69) is 10.5 Å². The first-order valence-corrected chi connectivity index (χ1v) is 7.67. The molecule has 1 aliphatic heterocycles. The molecule has 2 amide bonds. The van der Waals surface area contributed by atoms with Crippen molar-refractivity contribution >= 4 is 11.8 Å². The number of nitrogens with two attached hydrogens (primary N) is 1. The highest BCUT2D eigenvalue weighted by molar-refractivity contribution is 5.99. The number of aromatic nitrogens is 1. The molecule has 7 heteroatoms. The van der Waals surface area contributed by atoms with Crippen molar-refractivity contribution in [3.63, 3.8) is 0 Å². The summed E-state index contributed by atoms with van der Waals surface area (Å²) in [6.45, 7) is 7.75. The number of nitrogens with zero attached hydrogens (tertiary/aromatic N) is 2. The second-order valence-corrected chi connectivity index (χ2v) is 6.05. The number of aryl methyl sites for hydroxylation is 2. The van der Waals surface area contributed by atoms with Gasteiger partial charge in [-0.05, 0) is 33.6 Å². The van der Waals surface area contributed by atoms with Crippen LogP contribution in [0.2, 0.25) is 0 Å². The second kappa shape index (κ2) is 6.48. The number of likely N-dealkylation sites (tertiary alicyclic amines) is 1. The maximum atomic E-state index is 12.8. The van der Waals surface area contributed by atoms with Crippen molar-refractivity contribution in [2.24, 2.45) is 5.73 Å². The predicted octanol–water partition coefficient (Wildman–Crippen LogP) is 0.612. The Morgan fingerprint density at radius 1 is 1.50 bits per heavy atom. The number of amides is 2. The molecule has 1 aliphatic rings. The van der Waals surface area contributed by atoms with Crippen LogP contribution in [0.25, 0.3) is 0 Å². The van der Waals surface area contributed by atoms with Crippen LogP contribution in [0.4, 0.5) is 0 Å². The van der Waals surface area contributed by atoms with Gasteiger partial charge in [0.15, 0.2) is 0 Å². The number of rotatable bonds is 4. The Morgan fingerprint density at radius 3 is 2.77 bits per heavy atom. The fourth-order valence-corrected chi connectivity index (χ4v) is 2.80. The van der Waals surface area contributed by atoms with E-state index in [0.717, 1.165) is 0 Å². The maximum Gasteiger partial charge on any atom is 0.260 e. The smallest absolute Gasteiger partial charge is 0.260 e. The van der Waals surface area contributed by atoms with Crippen LogP contribution >= 0.6 is 0 Å². The van der Waals surface area contributed by atoms with Crippen LogP contribution in [-0.2, 0) is 11.2 Å². The standard InChI is InChI=1S/C15H24N4O3/c1-5-11-13(9(4)22-18-11)15(21)19-7-10(16)6-12(19)14(20)17-8(2)3/h8,10,12H,5-7,16H2,1-4H3,(H,17,20)/t10-,12-/m0/s1. The lowest BCUT2D eigenvalue weighted by Crippen LogP contribution is -2.47. The lowest BCUT2D eigenvalue weighted by Gasteiger charge is -2.24. The molecule has 1 saturated heterocycles. The molecule has 0 spiro atoms. The van der Waals surface area contributed by atoms with Crippen molar-refractivity contribution in [1.82, 2.24) is 15.4 Å². The van der Waals surface area contributed by atoms with Gasteiger partial charge in [0.25, 0.3) is 5.91 Å². The van der Waals surface area contributed by atoms with Gasteiger partial charge in [0.1, 0.15) is 17.4 Å². The Balaban J connectivity index is 2.26. The molecule has 0 saturated carbocycles. The normalized spacial score (nSPS) is 21.5. The molecule has 22 heavy (non-hydrogen) atoms. The van der Waals surface area contributed by atoms with E-state index in [-0.39, 0.29) is 23.9 Å². The molecule has 0 aliphatic carbocycles. The van der Waals surface area contributed by atoms with E-state index in [1.54, 1.807) is 11.8 Å². The molecule has 2 heterocycles. The van der Waals surface area contributed by atoms with Crippen LogP contribution in [0.5, 0.6) is 0 Å². The van der Waals surface area contributed by atoms with Gasteiger partial charge in [-0.3, -0.25) is 9.59 Å². The average molecular weight is 308 g/mol. The van der Waals surface area contributed by atoms with E-state index in [4.69, 9.17) is 10.3 Å². The van der Waals surface area contributed by atoms with Gasteiger partial charge in [-0.1, -0.05) is 12.1 Å². The zero-order valence-corrected chi connectivity index (χ0v) is 13.5. The Kier molecular flexibility index (Phi) is 4.85. The molecular weight excluding hydrogens is 284 g/mol. The molecule has 0 radical (unpaired) electrons. The fraction of sp³-hybridized carbons (Fsp3) is 0.667. The molecule has 1 aromatic rings. The summed E-state index contributed by atoms with van der Waals surface area (Å²) in [4.78, 5) is 26.7. The summed E-state index contributed by atoms with van der Waals surface area (Å²) in [5.74, 6) is 0.0845. The molecule has 2 rings (SSSR count). The van der Waals surface area contributed by atoms with E-state index in [1.165, 1.54) is 0 Å². The van der Waals surface area contributed by atoms with Crippen molar-refractivity contribution in [1.29, 1.82) is 0 Å². The summed E-state index contributed by atoms with van der Waals surface area (Å²) >= 11 is 0. The number of hydrogen-bond acceptors (Lipinski definition) is 5. The van der Waals surface area contributed by atoms with Crippen molar-refractivity contribution in [3.8, 4) is 0 Å². The molecule has 2 atom stereocenters. The molecule has 0 unspecified atom stereocenters. The summed E-state index contributed by atoms with van der Waals surface area (Å²) in [6.07, 6.45) is 1.07. The number of nitrogens with one attached hydrogen (secondary N) is 1. The van der Waals surface area contributed by atoms with E-state index in [0.29, 0.717) is 36.4 Å². The minimum absolute atomic E-state index is 0.0183. The maximum absolute atomic E-state index is 12.8. The van der Waals surface area contributed by atoms with Crippen molar-refractivity contribution < 1.29 is 14.1 Å². The molecule has 1 fully saturated rings. The van der Waals surface area contributed by atoms with Gasteiger partial charge in [-0.2, -0.15) is 0 Å². The van der Waals surface area contributed by atoms with Crippen LogP contribution in [0.1, 0.15) is 49.0 Å². The molecule has 7 nitrogen and oxygen atoms in total. The first-order chi connectivity index (χ1) is 10.3. The van der Waals surface area contributed by atoms with Gasteiger partial charge in [-0.25, -0.2) is 0 Å². The van der Waals surface area contributed by atoms with E-state index in [9.17, 15) is 9.59 Å². The van der Waals surface area contributed by atoms with Crippen LogP contribution in [0.15, 0.2) is 4.52 Å². The number of hydrogen-bond donors (Lipinski definition) is 2. The molecule has 0 aromatic carbocycles. The molecule has 1 aromatic heterocycles. The van der Waals surface area contributed by atoms with Gasteiger partial charge < -0.3 is 20.5 Å². The average Bonchev–Trinajstić information content (AvgIpc) is 3.00. The minimum atomic E-state index is -0.538. The Morgan fingerprint density at radius 2 is 2.18 bits per heavy atom. The van der Waals surface area contributed by atoms with Gasteiger partial charge in [0.05, 0.1) is 5.69 Å². The van der Waals surface area contributed by atoms with Gasteiger partial charge in [0, 0.05) is 18.6 Å². The summed E-state index contributed by atoms with van der Waals surface area (Å²) in [6, 6.07) is -0.717. The van der Waals surface area contributed by atoms with Gasteiger partial charge in [0.2, 0.25) is 5.91 Å². The van der Waals surface area contributed by atoms with E-state index in [1.807, 2.05) is 20.8 Å². The second-order valence-electron chi connectivity index (χ2n) is 6.05. The van der Waals surface area contributed by atoms with Gasteiger partial charge >= 0.3 is 0 Å². The van der Waals surface area contributed by atoms with Gasteiger partial charge in [-0.15, -0.1) is 0 Å². The summed E-state index contributed by atoms with van der Waals surface area (Å²) < 4.78 is 5.13. The van der Waals surface area contributed by atoms with Crippen LogP contribution in [-0.4, -0.2) is 46.5 Å². The summed E-state index contributed by atoms with van der Waals surface area (Å²) in [5, 5.41) is 6.76. The first kappa shape index (κ1) is 16.5. The Labute approximate surface area is 130 Å². The first-order valence-electron chi connectivity index (χ1n) is 7.67. The molecular formula is C15H24N4O3. The third-order valence-corrected chi connectivity index (χ3v) is 3.81. The SMILES string of the molecule is CCc1noc(C)c1C(=O)N1C[C@@H](N)C[C@H]1C(=O)NC(C)C. The third-order valence-electron chi connectivity index (χ3n) is 3.81. The third kappa shape index (κ3) is 3.14.